The molecule has 0 aromatic carbocycles. The molecular weight excluding hydrogens is 308 g/mol. The molecule has 1 aliphatic rings. The van der Waals surface area contributed by atoms with E-state index in [2.05, 4.69) is 39.3 Å². The van der Waals surface area contributed by atoms with Gasteiger partial charge in [-0.05, 0) is 36.6 Å². The Morgan fingerprint density at radius 3 is 2.96 bits per heavy atom. The van der Waals surface area contributed by atoms with Gasteiger partial charge >= 0.3 is 6.03 Å². The van der Waals surface area contributed by atoms with Gasteiger partial charge in [-0.2, -0.15) is 0 Å². The highest BCUT2D eigenvalue weighted by Gasteiger charge is 2.23. The summed E-state index contributed by atoms with van der Waals surface area (Å²) >= 11 is 1.78. The Morgan fingerprint density at radius 2 is 2.30 bits per heavy atom. The second-order valence-corrected chi connectivity index (χ2v) is 7.34. The van der Waals surface area contributed by atoms with Crippen LogP contribution in [0.4, 0.5) is 4.79 Å². The molecule has 0 bridgehead atoms. The number of imidazole rings is 1. The van der Waals surface area contributed by atoms with Crippen LogP contribution in [0, 0.1) is 5.92 Å². The number of piperidine rings is 1. The number of nitrogens with one attached hydrogen (secondary N) is 1. The van der Waals surface area contributed by atoms with Crippen molar-refractivity contribution in [2.45, 2.75) is 32.2 Å². The zero-order valence-corrected chi connectivity index (χ0v) is 14.3. The molecule has 23 heavy (non-hydrogen) atoms. The normalized spacial score (nSPS) is 17.2. The van der Waals surface area contributed by atoms with E-state index in [0.29, 0.717) is 12.0 Å². The largest absolute Gasteiger partial charge is 0.338 e. The zero-order valence-electron chi connectivity index (χ0n) is 13.5. The highest BCUT2D eigenvalue weighted by atomic mass is 32.1. The van der Waals surface area contributed by atoms with Crippen molar-refractivity contribution in [1.82, 2.24) is 19.8 Å². The van der Waals surface area contributed by atoms with Crippen LogP contribution in [0.15, 0.2) is 36.2 Å². The van der Waals surface area contributed by atoms with E-state index in [1.807, 2.05) is 23.6 Å². The van der Waals surface area contributed by atoms with Crippen LogP contribution in [0.2, 0.25) is 0 Å². The summed E-state index contributed by atoms with van der Waals surface area (Å²) < 4.78 is 2.15. The number of amides is 2. The van der Waals surface area contributed by atoms with E-state index in [-0.39, 0.29) is 6.03 Å². The number of rotatable bonds is 5. The lowest BCUT2D eigenvalue weighted by Crippen LogP contribution is -2.45. The summed E-state index contributed by atoms with van der Waals surface area (Å²) in [5.41, 5.74) is 0. The first-order chi connectivity index (χ1) is 11.2. The molecule has 0 spiro atoms. The Hall–Kier alpha value is -1.82. The fraction of sp³-hybridized carbons (Fsp3) is 0.529. The number of carbonyl (C=O) groups excluding carboxylic acids is 1. The SMILES string of the molecule is C[C@H](CNC(=O)N1CCC(n2ccnc2)CC1)Cc1cccs1. The fourth-order valence-electron chi connectivity index (χ4n) is 3.07. The average molecular weight is 332 g/mol. The zero-order chi connectivity index (χ0) is 16.1. The summed E-state index contributed by atoms with van der Waals surface area (Å²) in [6.45, 7) is 4.55. The van der Waals surface area contributed by atoms with E-state index in [1.165, 1.54) is 4.88 Å². The van der Waals surface area contributed by atoms with E-state index in [4.69, 9.17) is 0 Å². The lowest BCUT2D eigenvalue weighted by Gasteiger charge is -2.32. The first kappa shape index (κ1) is 16.1. The molecule has 2 amide bonds. The minimum atomic E-state index is 0.0760. The van der Waals surface area contributed by atoms with Gasteiger partial charge in [-0.1, -0.05) is 13.0 Å². The van der Waals surface area contributed by atoms with E-state index in [9.17, 15) is 4.79 Å². The first-order valence-corrected chi connectivity index (χ1v) is 9.13. The maximum Gasteiger partial charge on any atom is 0.317 e. The van der Waals surface area contributed by atoms with Crippen LogP contribution < -0.4 is 5.32 Å². The minimum Gasteiger partial charge on any atom is -0.338 e. The third-order valence-electron chi connectivity index (χ3n) is 4.43. The molecule has 2 aromatic rings. The summed E-state index contributed by atoms with van der Waals surface area (Å²) in [5, 5.41) is 5.19. The van der Waals surface area contributed by atoms with Crippen LogP contribution in [0.25, 0.3) is 0 Å². The summed E-state index contributed by atoms with van der Waals surface area (Å²) in [7, 11) is 0. The Bertz CT molecular complexity index is 588. The Labute approximate surface area is 141 Å². The van der Waals surface area contributed by atoms with Gasteiger partial charge in [-0.15, -0.1) is 11.3 Å². The molecule has 2 aromatic heterocycles. The number of thiophene rings is 1. The Balaban J connectivity index is 1.39. The molecule has 1 fully saturated rings. The lowest BCUT2D eigenvalue weighted by molar-refractivity contribution is 0.170. The monoisotopic (exact) mass is 332 g/mol. The lowest BCUT2D eigenvalue weighted by atomic mass is 10.1. The van der Waals surface area contributed by atoms with Crippen LogP contribution in [-0.4, -0.2) is 40.1 Å². The fourth-order valence-corrected chi connectivity index (χ4v) is 3.94. The number of likely N-dealkylation sites (tertiary alicyclic amines) is 1. The highest BCUT2D eigenvalue weighted by molar-refractivity contribution is 7.09. The van der Waals surface area contributed by atoms with Gasteiger partial charge in [0.25, 0.3) is 0 Å². The van der Waals surface area contributed by atoms with Crippen molar-refractivity contribution < 1.29 is 4.79 Å². The predicted octanol–water partition coefficient (Wildman–Crippen LogP) is 3.17. The summed E-state index contributed by atoms with van der Waals surface area (Å²) in [6.07, 6.45) is 8.71. The van der Waals surface area contributed by atoms with E-state index >= 15 is 0 Å². The Kier molecular flexibility index (Phi) is 5.33. The summed E-state index contributed by atoms with van der Waals surface area (Å²) in [5.74, 6) is 0.459. The number of aromatic nitrogens is 2. The maximum atomic E-state index is 12.3. The van der Waals surface area contributed by atoms with Crippen LogP contribution in [0.1, 0.15) is 30.7 Å². The number of nitrogens with zero attached hydrogens (tertiary/aromatic N) is 3. The molecular formula is C17H24N4OS. The smallest absolute Gasteiger partial charge is 0.317 e. The van der Waals surface area contributed by atoms with Gasteiger partial charge in [0, 0.05) is 42.9 Å². The van der Waals surface area contributed by atoms with Gasteiger partial charge in [0.05, 0.1) is 6.33 Å². The van der Waals surface area contributed by atoms with E-state index < -0.39 is 0 Å². The molecule has 0 saturated carbocycles. The molecule has 6 heteroatoms. The molecule has 3 rings (SSSR count). The summed E-state index contributed by atoms with van der Waals surface area (Å²) in [6, 6.07) is 4.78. The maximum absolute atomic E-state index is 12.3. The second-order valence-electron chi connectivity index (χ2n) is 6.30. The van der Waals surface area contributed by atoms with Crippen LogP contribution in [0.5, 0.6) is 0 Å². The van der Waals surface area contributed by atoms with Crippen molar-refractivity contribution in [2.75, 3.05) is 19.6 Å². The topological polar surface area (TPSA) is 50.2 Å². The first-order valence-electron chi connectivity index (χ1n) is 8.25. The average Bonchev–Trinajstić information content (AvgIpc) is 3.26. The molecule has 0 unspecified atom stereocenters. The van der Waals surface area contributed by atoms with Crippen molar-refractivity contribution >= 4 is 17.4 Å². The number of hydrogen-bond acceptors (Lipinski definition) is 3. The van der Waals surface area contributed by atoms with Gasteiger partial charge in [0.2, 0.25) is 0 Å². The van der Waals surface area contributed by atoms with Gasteiger partial charge in [0.15, 0.2) is 0 Å². The molecule has 1 N–H and O–H groups in total. The van der Waals surface area contributed by atoms with Crippen molar-refractivity contribution in [1.29, 1.82) is 0 Å². The summed E-state index contributed by atoms with van der Waals surface area (Å²) in [4.78, 5) is 19.7. The molecule has 1 saturated heterocycles. The van der Waals surface area contributed by atoms with Crippen molar-refractivity contribution in [3.8, 4) is 0 Å². The number of urea groups is 1. The molecule has 1 atom stereocenters. The number of carbonyl (C=O) groups is 1. The quantitative estimate of drug-likeness (QED) is 0.914. The third-order valence-corrected chi connectivity index (χ3v) is 5.33. The van der Waals surface area contributed by atoms with Gasteiger partial charge < -0.3 is 14.8 Å². The molecule has 124 valence electrons. The second kappa shape index (κ2) is 7.64. The molecule has 1 aliphatic heterocycles. The van der Waals surface area contributed by atoms with Crippen molar-refractivity contribution in [3.05, 3.63) is 41.1 Å². The molecule has 3 heterocycles. The number of hydrogen-bond donors (Lipinski definition) is 1. The van der Waals surface area contributed by atoms with Crippen molar-refractivity contribution in [2.24, 2.45) is 5.92 Å². The standard InChI is InChI=1S/C17H24N4OS/c1-14(11-16-3-2-10-23-16)12-19-17(22)20-7-4-15(5-8-20)21-9-6-18-13-21/h2-3,6,9-10,13-15H,4-5,7-8,11-12H2,1H3,(H,19,22)/t14-/m0/s1. The van der Waals surface area contributed by atoms with Gasteiger partial charge in [-0.3, -0.25) is 0 Å². The van der Waals surface area contributed by atoms with E-state index in [1.54, 1.807) is 11.3 Å². The third kappa shape index (κ3) is 4.34. The highest BCUT2D eigenvalue weighted by Crippen LogP contribution is 2.22. The van der Waals surface area contributed by atoms with Crippen LogP contribution >= 0.6 is 11.3 Å². The molecule has 0 radical (unpaired) electrons. The van der Waals surface area contributed by atoms with Gasteiger partial charge in [-0.25, -0.2) is 9.78 Å². The van der Waals surface area contributed by atoms with Crippen LogP contribution in [-0.2, 0) is 6.42 Å². The van der Waals surface area contributed by atoms with E-state index in [0.717, 1.165) is 38.9 Å². The predicted molar refractivity (Wildman–Crippen MR) is 92.7 cm³/mol. The van der Waals surface area contributed by atoms with Gasteiger partial charge in [0.1, 0.15) is 0 Å². The molecule has 5 nitrogen and oxygen atoms in total. The molecule has 0 aliphatic carbocycles. The van der Waals surface area contributed by atoms with Crippen molar-refractivity contribution in [3.63, 3.8) is 0 Å². The minimum absolute atomic E-state index is 0.0760. The Morgan fingerprint density at radius 1 is 1.48 bits per heavy atom. The van der Waals surface area contributed by atoms with Crippen LogP contribution in [0.3, 0.4) is 0 Å².